The highest BCUT2D eigenvalue weighted by Crippen LogP contribution is 2.25. The maximum atomic E-state index is 12.8. The second-order valence-corrected chi connectivity index (χ2v) is 6.82. The summed E-state index contributed by atoms with van der Waals surface area (Å²) in [6.45, 7) is 5.19. The van der Waals surface area contributed by atoms with Gasteiger partial charge in [0.2, 0.25) is 11.8 Å². The summed E-state index contributed by atoms with van der Waals surface area (Å²) >= 11 is 0. The van der Waals surface area contributed by atoms with Crippen molar-refractivity contribution in [1.29, 1.82) is 0 Å². The molecule has 1 saturated heterocycles. The summed E-state index contributed by atoms with van der Waals surface area (Å²) in [5.74, 6) is 1.05. The molecule has 1 aromatic carbocycles. The van der Waals surface area contributed by atoms with Gasteiger partial charge in [-0.25, -0.2) is 0 Å². The average Bonchev–Trinajstić information content (AvgIpc) is 3.00. The Kier molecular flexibility index (Phi) is 6.21. The highest BCUT2D eigenvalue weighted by atomic mass is 16.5. The summed E-state index contributed by atoms with van der Waals surface area (Å²) in [7, 11) is 0. The van der Waals surface area contributed by atoms with Crippen LogP contribution in [0.4, 0.5) is 0 Å². The molecule has 2 heterocycles. The van der Waals surface area contributed by atoms with E-state index in [9.17, 15) is 9.59 Å². The third-order valence-electron chi connectivity index (χ3n) is 4.87. The summed E-state index contributed by atoms with van der Waals surface area (Å²) in [5.41, 5.74) is 1.15. The standard InChI is InChI=1S/C20H26N4O3/c1-3-18(25)24-13-7-12-23(14-17(24)20-21-15(2)22-27-20)19(26)11-10-16-8-5-4-6-9-16/h4-6,8-9,17H,3,7,10-14H2,1-2H3. The Morgan fingerprint density at radius 3 is 2.63 bits per heavy atom. The quantitative estimate of drug-likeness (QED) is 0.808. The third kappa shape index (κ3) is 4.72. The van der Waals surface area contributed by atoms with E-state index < -0.39 is 0 Å². The first-order valence-electron chi connectivity index (χ1n) is 9.50. The fourth-order valence-electron chi connectivity index (χ4n) is 3.43. The average molecular weight is 370 g/mol. The molecule has 1 atom stereocenters. The van der Waals surface area contributed by atoms with Crippen molar-refractivity contribution in [2.45, 2.75) is 45.6 Å². The number of aryl methyl sites for hydroxylation is 2. The summed E-state index contributed by atoms with van der Waals surface area (Å²) in [4.78, 5) is 33.2. The maximum Gasteiger partial charge on any atom is 0.251 e. The van der Waals surface area contributed by atoms with E-state index in [4.69, 9.17) is 4.52 Å². The highest BCUT2D eigenvalue weighted by Gasteiger charge is 2.34. The minimum Gasteiger partial charge on any atom is -0.340 e. The largest absolute Gasteiger partial charge is 0.340 e. The maximum absolute atomic E-state index is 12.8. The number of hydrogen-bond acceptors (Lipinski definition) is 5. The van der Waals surface area contributed by atoms with E-state index in [0.717, 1.165) is 12.0 Å². The van der Waals surface area contributed by atoms with Gasteiger partial charge in [-0.1, -0.05) is 42.4 Å². The van der Waals surface area contributed by atoms with Crippen LogP contribution in [-0.2, 0) is 16.0 Å². The van der Waals surface area contributed by atoms with Gasteiger partial charge in [-0.3, -0.25) is 9.59 Å². The Hall–Kier alpha value is -2.70. The third-order valence-corrected chi connectivity index (χ3v) is 4.87. The molecular formula is C20H26N4O3. The van der Waals surface area contributed by atoms with Crippen molar-refractivity contribution < 1.29 is 14.1 Å². The lowest BCUT2D eigenvalue weighted by Gasteiger charge is -2.29. The van der Waals surface area contributed by atoms with Crippen LogP contribution in [0.1, 0.15) is 49.5 Å². The van der Waals surface area contributed by atoms with E-state index in [1.165, 1.54) is 0 Å². The first-order valence-corrected chi connectivity index (χ1v) is 9.50. The number of nitrogens with zero attached hydrogens (tertiary/aromatic N) is 4. The summed E-state index contributed by atoms with van der Waals surface area (Å²) < 4.78 is 5.35. The minimum atomic E-state index is -0.387. The molecule has 1 aliphatic heterocycles. The predicted octanol–water partition coefficient (Wildman–Crippen LogP) is 2.52. The van der Waals surface area contributed by atoms with Crippen LogP contribution in [0, 0.1) is 6.92 Å². The lowest BCUT2D eigenvalue weighted by Crippen LogP contribution is -2.40. The fraction of sp³-hybridized carbons (Fsp3) is 0.500. The van der Waals surface area contributed by atoms with Crippen molar-refractivity contribution in [1.82, 2.24) is 19.9 Å². The molecule has 7 nitrogen and oxygen atoms in total. The Bertz CT molecular complexity index is 775. The normalized spacial score (nSPS) is 17.6. The van der Waals surface area contributed by atoms with Crippen molar-refractivity contribution in [3.8, 4) is 0 Å². The summed E-state index contributed by atoms with van der Waals surface area (Å²) in [6, 6.07) is 9.60. The van der Waals surface area contributed by atoms with Crippen LogP contribution in [0.25, 0.3) is 0 Å². The lowest BCUT2D eigenvalue weighted by molar-refractivity contribution is -0.136. The Balaban J connectivity index is 1.73. The van der Waals surface area contributed by atoms with Gasteiger partial charge in [-0.2, -0.15) is 4.98 Å². The highest BCUT2D eigenvalue weighted by molar-refractivity contribution is 5.78. The molecule has 0 radical (unpaired) electrons. The molecule has 27 heavy (non-hydrogen) atoms. The SMILES string of the molecule is CCC(=O)N1CCCN(C(=O)CCc2ccccc2)CC1c1nc(C)no1. The molecule has 0 saturated carbocycles. The van der Waals surface area contributed by atoms with Crippen molar-refractivity contribution >= 4 is 11.8 Å². The van der Waals surface area contributed by atoms with E-state index in [0.29, 0.717) is 50.6 Å². The first kappa shape index (κ1) is 19.1. The van der Waals surface area contributed by atoms with E-state index in [2.05, 4.69) is 10.1 Å². The topological polar surface area (TPSA) is 79.5 Å². The van der Waals surface area contributed by atoms with Gasteiger partial charge in [0, 0.05) is 25.9 Å². The van der Waals surface area contributed by atoms with Crippen molar-refractivity contribution in [3.05, 3.63) is 47.6 Å². The molecule has 144 valence electrons. The van der Waals surface area contributed by atoms with E-state index >= 15 is 0 Å². The molecule has 1 fully saturated rings. The monoisotopic (exact) mass is 370 g/mol. The van der Waals surface area contributed by atoms with Crippen LogP contribution in [0.2, 0.25) is 0 Å². The molecule has 3 rings (SSSR count). The number of aromatic nitrogens is 2. The van der Waals surface area contributed by atoms with Gasteiger partial charge in [-0.15, -0.1) is 0 Å². The van der Waals surface area contributed by atoms with Crippen LogP contribution >= 0.6 is 0 Å². The molecule has 1 aliphatic rings. The van der Waals surface area contributed by atoms with Crippen LogP contribution in [0.3, 0.4) is 0 Å². The molecule has 2 amide bonds. The predicted molar refractivity (Wildman–Crippen MR) is 99.7 cm³/mol. The first-order chi connectivity index (χ1) is 13.1. The number of rotatable bonds is 5. The second kappa shape index (κ2) is 8.79. The molecule has 0 bridgehead atoms. The molecular weight excluding hydrogens is 344 g/mol. The molecule has 0 spiro atoms. The van der Waals surface area contributed by atoms with Gasteiger partial charge in [-0.05, 0) is 25.3 Å². The number of hydrogen-bond donors (Lipinski definition) is 0. The Morgan fingerprint density at radius 1 is 1.19 bits per heavy atom. The molecule has 7 heteroatoms. The van der Waals surface area contributed by atoms with Crippen LogP contribution in [0.15, 0.2) is 34.9 Å². The number of carbonyl (C=O) groups excluding carboxylic acids is 2. The van der Waals surface area contributed by atoms with Crippen LogP contribution in [-0.4, -0.2) is 51.4 Å². The van der Waals surface area contributed by atoms with Gasteiger partial charge >= 0.3 is 0 Å². The molecule has 1 unspecified atom stereocenters. The van der Waals surface area contributed by atoms with Crippen molar-refractivity contribution in [3.63, 3.8) is 0 Å². The smallest absolute Gasteiger partial charge is 0.251 e. The zero-order valence-electron chi connectivity index (χ0n) is 15.9. The second-order valence-electron chi connectivity index (χ2n) is 6.82. The van der Waals surface area contributed by atoms with Crippen molar-refractivity contribution in [2.24, 2.45) is 0 Å². The zero-order chi connectivity index (χ0) is 19.2. The van der Waals surface area contributed by atoms with Gasteiger partial charge in [0.15, 0.2) is 5.82 Å². The van der Waals surface area contributed by atoms with E-state index in [-0.39, 0.29) is 17.9 Å². The fourth-order valence-corrected chi connectivity index (χ4v) is 3.43. The van der Waals surface area contributed by atoms with Gasteiger partial charge in [0.25, 0.3) is 5.89 Å². The number of benzene rings is 1. The van der Waals surface area contributed by atoms with E-state index in [1.54, 1.807) is 11.8 Å². The van der Waals surface area contributed by atoms with E-state index in [1.807, 2.05) is 42.2 Å². The lowest BCUT2D eigenvalue weighted by atomic mass is 10.1. The molecule has 0 N–H and O–H groups in total. The number of carbonyl (C=O) groups is 2. The minimum absolute atomic E-state index is 0.0365. The number of amides is 2. The van der Waals surface area contributed by atoms with Crippen LogP contribution < -0.4 is 0 Å². The summed E-state index contributed by atoms with van der Waals surface area (Å²) in [5, 5.41) is 3.86. The molecule has 2 aromatic rings. The molecule has 1 aromatic heterocycles. The Morgan fingerprint density at radius 2 is 1.96 bits per heavy atom. The van der Waals surface area contributed by atoms with Gasteiger partial charge in [0.05, 0.1) is 6.54 Å². The summed E-state index contributed by atoms with van der Waals surface area (Å²) in [6.07, 6.45) is 2.30. The molecule has 0 aliphatic carbocycles. The Labute approximate surface area is 159 Å². The van der Waals surface area contributed by atoms with Crippen molar-refractivity contribution in [2.75, 3.05) is 19.6 Å². The zero-order valence-corrected chi connectivity index (χ0v) is 15.9. The van der Waals surface area contributed by atoms with Gasteiger partial charge < -0.3 is 14.3 Å². The van der Waals surface area contributed by atoms with Gasteiger partial charge in [0.1, 0.15) is 6.04 Å². The van der Waals surface area contributed by atoms with Crippen LogP contribution in [0.5, 0.6) is 0 Å².